The standard InChI is InChI=1S/C6H14N2O2.H4N2/c7-4-2-1-3-5(8)6(9)10;1-2/h5H,1-4,7-8H2,(H,9,10);1-2H2. The smallest absolute Gasteiger partial charge is 0.320 e. The van der Waals surface area contributed by atoms with E-state index in [0.717, 1.165) is 12.8 Å². The van der Waals surface area contributed by atoms with Crippen molar-refractivity contribution in [2.45, 2.75) is 25.3 Å². The van der Waals surface area contributed by atoms with Crippen molar-refractivity contribution in [3.8, 4) is 0 Å². The van der Waals surface area contributed by atoms with E-state index in [9.17, 15) is 4.79 Å². The second-order valence-corrected chi connectivity index (χ2v) is 2.23. The number of hydrogen-bond acceptors (Lipinski definition) is 5. The minimum absolute atomic E-state index is 0.520. The van der Waals surface area contributed by atoms with Gasteiger partial charge in [0.15, 0.2) is 0 Å². The maximum atomic E-state index is 10.1. The highest BCUT2D eigenvalue weighted by Gasteiger charge is 2.09. The Morgan fingerprint density at radius 3 is 2.17 bits per heavy atom. The Hall–Kier alpha value is -0.690. The first-order chi connectivity index (χ1) is 5.68. The molecule has 0 amide bonds. The Kier molecular flexibility index (Phi) is 11.9. The average molecular weight is 178 g/mol. The highest BCUT2D eigenvalue weighted by Crippen LogP contribution is 1.96. The Balaban J connectivity index is 0. The fourth-order valence-corrected chi connectivity index (χ4v) is 0.632. The molecule has 0 aromatic carbocycles. The maximum absolute atomic E-state index is 10.1. The van der Waals surface area contributed by atoms with Crippen LogP contribution in [0.2, 0.25) is 0 Å². The fraction of sp³-hybridized carbons (Fsp3) is 0.833. The monoisotopic (exact) mass is 178 g/mol. The van der Waals surface area contributed by atoms with Crippen molar-refractivity contribution in [1.29, 1.82) is 0 Å². The summed E-state index contributed by atoms with van der Waals surface area (Å²) < 4.78 is 0. The van der Waals surface area contributed by atoms with Gasteiger partial charge in [0.1, 0.15) is 6.04 Å². The zero-order valence-electron chi connectivity index (χ0n) is 7.07. The number of rotatable bonds is 5. The van der Waals surface area contributed by atoms with Crippen molar-refractivity contribution in [3.05, 3.63) is 0 Å². The third kappa shape index (κ3) is 9.31. The molecule has 0 fully saturated rings. The third-order valence-electron chi connectivity index (χ3n) is 1.29. The molecule has 0 spiro atoms. The van der Waals surface area contributed by atoms with E-state index >= 15 is 0 Å². The highest BCUT2D eigenvalue weighted by atomic mass is 16.4. The van der Waals surface area contributed by atoms with Crippen LogP contribution < -0.4 is 23.2 Å². The zero-order chi connectivity index (χ0) is 9.98. The molecular weight excluding hydrogens is 160 g/mol. The van der Waals surface area contributed by atoms with Crippen molar-refractivity contribution in [2.75, 3.05) is 6.54 Å². The minimum Gasteiger partial charge on any atom is -0.480 e. The third-order valence-corrected chi connectivity index (χ3v) is 1.29. The molecule has 0 bridgehead atoms. The van der Waals surface area contributed by atoms with E-state index < -0.39 is 12.0 Å². The van der Waals surface area contributed by atoms with E-state index in [0.29, 0.717) is 13.0 Å². The number of carboxylic acid groups (broad SMARTS) is 1. The molecule has 74 valence electrons. The lowest BCUT2D eigenvalue weighted by Crippen LogP contribution is -2.29. The summed E-state index contributed by atoms with van der Waals surface area (Å²) in [6.45, 7) is 0.604. The summed E-state index contributed by atoms with van der Waals surface area (Å²) in [4.78, 5) is 10.1. The van der Waals surface area contributed by atoms with Crippen molar-refractivity contribution in [3.63, 3.8) is 0 Å². The molecule has 12 heavy (non-hydrogen) atoms. The highest BCUT2D eigenvalue weighted by molar-refractivity contribution is 5.72. The normalized spacial score (nSPS) is 11.3. The molecule has 0 saturated carbocycles. The van der Waals surface area contributed by atoms with Crippen LogP contribution in [0, 0.1) is 0 Å². The van der Waals surface area contributed by atoms with Gasteiger partial charge >= 0.3 is 5.97 Å². The number of unbranched alkanes of at least 4 members (excludes halogenated alkanes) is 1. The molecule has 0 heterocycles. The summed E-state index contributed by atoms with van der Waals surface area (Å²) in [7, 11) is 0. The molecule has 1 atom stereocenters. The van der Waals surface area contributed by atoms with Crippen molar-refractivity contribution in [1.82, 2.24) is 0 Å². The van der Waals surface area contributed by atoms with Crippen LogP contribution >= 0.6 is 0 Å². The summed E-state index contributed by atoms with van der Waals surface area (Å²) in [5.74, 6) is 7.07. The lowest BCUT2D eigenvalue weighted by atomic mass is 10.1. The Morgan fingerprint density at radius 2 is 1.83 bits per heavy atom. The lowest BCUT2D eigenvalue weighted by molar-refractivity contribution is -0.138. The lowest BCUT2D eigenvalue weighted by Gasteiger charge is -2.03. The van der Waals surface area contributed by atoms with Crippen LogP contribution in [0.4, 0.5) is 0 Å². The van der Waals surface area contributed by atoms with Crippen molar-refractivity contribution < 1.29 is 9.90 Å². The molecule has 0 saturated heterocycles. The van der Waals surface area contributed by atoms with Crippen LogP contribution in [0.5, 0.6) is 0 Å². The van der Waals surface area contributed by atoms with Crippen molar-refractivity contribution in [2.24, 2.45) is 23.2 Å². The van der Waals surface area contributed by atoms with Gasteiger partial charge in [0, 0.05) is 0 Å². The van der Waals surface area contributed by atoms with Gasteiger partial charge in [0.05, 0.1) is 0 Å². The zero-order valence-corrected chi connectivity index (χ0v) is 7.07. The van der Waals surface area contributed by atoms with Gasteiger partial charge in [-0.3, -0.25) is 16.5 Å². The molecule has 0 rings (SSSR count). The van der Waals surface area contributed by atoms with Gasteiger partial charge in [0.2, 0.25) is 0 Å². The van der Waals surface area contributed by atoms with Gasteiger partial charge in [0.25, 0.3) is 0 Å². The summed E-state index contributed by atoms with van der Waals surface area (Å²) in [5.41, 5.74) is 10.4. The second kappa shape index (κ2) is 10.3. The van der Waals surface area contributed by atoms with E-state index in [1.807, 2.05) is 0 Å². The van der Waals surface area contributed by atoms with Crippen LogP contribution in [0.15, 0.2) is 0 Å². The van der Waals surface area contributed by atoms with Gasteiger partial charge in [-0.25, -0.2) is 0 Å². The predicted octanol–water partition coefficient (Wildman–Crippen LogP) is -1.65. The summed E-state index contributed by atoms with van der Waals surface area (Å²) in [6, 6.07) is -0.716. The Morgan fingerprint density at radius 1 is 1.33 bits per heavy atom. The fourth-order valence-electron chi connectivity index (χ4n) is 0.632. The maximum Gasteiger partial charge on any atom is 0.320 e. The Bertz CT molecular complexity index is 110. The number of aliphatic carboxylic acids is 1. The Labute approximate surface area is 71.9 Å². The first-order valence-corrected chi connectivity index (χ1v) is 3.70. The minimum atomic E-state index is -0.933. The van der Waals surface area contributed by atoms with Gasteiger partial charge in [-0.1, -0.05) is 6.42 Å². The molecule has 0 aliphatic heterocycles. The molecular formula is C6H18N4O2. The number of hydrazine groups is 1. The number of nitrogens with two attached hydrogens (primary N) is 4. The molecule has 0 aromatic heterocycles. The summed E-state index contributed by atoms with van der Waals surface area (Å²) in [5, 5.41) is 8.33. The number of hydrogen-bond donors (Lipinski definition) is 5. The van der Waals surface area contributed by atoms with Crippen LogP contribution in [0.3, 0.4) is 0 Å². The molecule has 0 aliphatic rings. The van der Waals surface area contributed by atoms with Crippen LogP contribution in [0.1, 0.15) is 19.3 Å². The number of carbonyl (C=O) groups is 1. The predicted molar refractivity (Wildman–Crippen MR) is 46.9 cm³/mol. The molecule has 1 unspecified atom stereocenters. The van der Waals surface area contributed by atoms with E-state index in [1.54, 1.807) is 0 Å². The molecule has 0 radical (unpaired) electrons. The van der Waals surface area contributed by atoms with E-state index in [1.165, 1.54) is 0 Å². The van der Waals surface area contributed by atoms with E-state index in [-0.39, 0.29) is 0 Å². The molecule has 9 N–H and O–H groups in total. The van der Waals surface area contributed by atoms with Crippen LogP contribution in [-0.2, 0) is 4.79 Å². The van der Waals surface area contributed by atoms with Gasteiger partial charge < -0.3 is 16.6 Å². The van der Waals surface area contributed by atoms with Crippen LogP contribution in [0.25, 0.3) is 0 Å². The van der Waals surface area contributed by atoms with E-state index in [4.69, 9.17) is 16.6 Å². The first kappa shape index (κ1) is 13.9. The van der Waals surface area contributed by atoms with Gasteiger partial charge in [-0.2, -0.15) is 0 Å². The van der Waals surface area contributed by atoms with Gasteiger partial charge in [-0.15, -0.1) is 0 Å². The van der Waals surface area contributed by atoms with Crippen LogP contribution in [-0.4, -0.2) is 23.7 Å². The first-order valence-electron chi connectivity index (χ1n) is 3.70. The molecule has 0 aromatic rings. The second-order valence-electron chi connectivity index (χ2n) is 2.23. The van der Waals surface area contributed by atoms with E-state index in [2.05, 4.69) is 11.7 Å². The molecule has 6 heteroatoms. The molecule has 0 aliphatic carbocycles. The summed E-state index contributed by atoms with van der Waals surface area (Å²) in [6.07, 6.45) is 2.16. The molecule has 6 nitrogen and oxygen atoms in total. The average Bonchev–Trinajstić information content (AvgIpc) is 2.08. The topological polar surface area (TPSA) is 141 Å². The van der Waals surface area contributed by atoms with Crippen molar-refractivity contribution >= 4 is 5.97 Å². The quantitative estimate of drug-likeness (QED) is 0.194. The largest absolute Gasteiger partial charge is 0.480 e. The SMILES string of the molecule is NCCCCC(N)C(=O)O.NN. The summed E-state index contributed by atoms with van der Waals surface area (Å²) >= 11 is 0. The van der Waals surface area contributed by atoms with Gasteiger partial charge in [-0.05, 0) is 19.4 Å². The number of carboxylic acids is 1.